The van der Waals surface area contributed by atoms with Crippen LogP contribution in [-0.4, -0.2) is 32.9 Å². The van der Waals surface area contributed by atoms with Gasteiger partial charge in [0.1, 0.15) is 4.90 Å². The third-order valence-electron chi connectivity index (χ3n) is 5.85. The van der Waals surface area contributed by atoms with Crippen LogP contribution in [0.5, 0.6) is 11.5 Å². The molecule has 0 heterocycles. The van der Waals surface area contributed by atoms with Crippen LogP contribution in [0.3, 0.4) is 0 Å². The first-order valence-corrected chi connectivity index (χ1v) is 12.9. The number of methoxy groups -OCH3 is 1. The van der Waals surface area contributed by atoms with Crippen molar-refractivity contribution in [2.45, 2.75) is 57.1 Å². The van der Waals surface area contributed by atoms with Crippen LogP contribution in [0.15, 0.2) is 47.4 Å². The van der Waals surface area contributed by atoms with Crippen LogP contribution in [0.25, 0.3) is 0 Å². The van der Waals surface area contributed by atoms with Crippen LogP contribution in [0.4, 0.5) is 13.2 Å². The molecular formula is C25H30F3NO5S. The molecule has 1 aliphatic rings. The summed E-state index contributed by atoms with van der Waals surface area (Å²) in [5.41, 5.74) is -0.482. The number of ether oxygens (including phenoxy) is 1. The van der Waals surface area contributed by atoms with E-state index in [2.05, 4.69) is 0 Å². The van der Waals surface area contributed by atoms with Crippen LogP contribution >= 0.6 is 0 Å². The second-order valence-electron chi connectivity index (χ2n) is 9.14. The molecule has 3 rings (SSSR count). The third kappa shape index (κ3) is 6.90. The van der Waals surface area contributed by atoms with Gasteiger partial charge in [-0.05, 0) is 54.7 Å². The Labute approximate surface area is 204 Å². The molecule has 0 aliphatic heterocycles. The second-order valence-corrected chi connectivity index (χ2v) is 10.7. The number of rotatable bonds is 9. The quantitative estimate of drug-likeness (QED) is 0.405. The van der Waals surface area contributed by atoms with Gasteiger partial charge in [-0.3, -0.25) is 4.79 Å². The number of amides is 1. The molecule has 0 N–H and O–H groups in total. The number of nitrogens with zero attached hydrogens (tertiary/aromatic N) is 1. The van der Waals surface area contributed by atoms with Crippen molar-refractivity contribution in [2.75, 3.05) is 13.7 Å². The Morgan fingerprint density at radius 2 is 1.77 bits per heavy atom. The van der Waals surface area contributed by atoms with Gasteiger partial charge in [0.05, 0.1) is 12.7 Å². The van der Waals surface area contributed by atoms with Crippen LogP contribution < -0.4 is 8.92 Å². The van der Waals surface area contributed by atoms with E-state index < -0.39 is 26.8 Å². The summed E-state index contributed by atoms with van der Waals surface area (Å²) < 4.78 is 75.2. The number of hydrogen-bond acceptors (Lipinski definition) is 5. The topological polar surface area (TPSA) is 72.9 Å². The summed E-state index contributed by atoms with van der Waals surface area (Å²) in [5.74, 6) is 0.229. The van der Waals surface area contributed by atoms with Crippen LogP contribution in [0.2, 0.25) is 0 Å². The predicted molar refractivity (Wildman–Crippen MR) is 124 cm³/mol. The maximum atomic E-state index is 13.1. The van der Waals surface area contributed by atoms with E-state index in [0.717, 1.165) is 43.9 Å². The lowest BCUT2D eigenvalue weighted by Gasteiger charge is -2.27. The van der Waals surface area contributed by atoms with E-state index in [9.17, 15) is 26.4 Å². The van der Waals surface area contributed by atoms with Gasteiger partial charge < -0.3 is 13.8 Å². The van der Waals surface area contributed by atoms with Gasteiger partial charge in [0, 0.05) is 19.0 Å². The predicted octanol–water partition coefficient (Wildman–Crippen LogP) is 5.66. The van der Waals surface area contributed by atoms with Crippen molar-refractivity contribution < 1.29 is 35.3 Å². The Morgan fingerprint density at radius 1 is 1.09 bits per heavy atom. The zero-order valence-corrected chi connectivity index (χ0v) is 20.8. The largest absolute Gasteiger partial charge is 0.493 e. The fourth-order valence-corrected chi connectivity index (χ4v) is 5.18. The Balaban J connectivity index is 1.88. The molecule has 35 heavy (non-hydrogen) atoms. The molecule has 1 fully saturated rings. The third-order valence-corrected chi connectivity index (χ3v) is 7.08. The lowest BCUT2D eigenvalue weighted by Crippen LogP contribution is -2.37. The zero-order valence-electron chi connectivity index (χ0n) is 20.0. The molecule has 2 aromatic rings. The van der Waals surface area contributed by atoms with Gasteiger partial charge in [-0.1, -0.05) is 38.8 Å². The standard InChI is InChI=1S/C25H30F3NO5S/c1-17(2)15-29(24(30)19-7-4-5-8-19)16-18-11-12-22(33-3)23(13-18)34-35(31,32)21-10-6-9-20(14-21)25(26,27)28/h6,9-14,17,19H,4-5,7-8,15-16H2,1-3H3. The first-order valence-electron chi connectivity index (χ1n) is 11.5. The van der Waals surface area contributed by atoms with Crippen LogP contribution in [0.1, 0.15) is 50.7 Å². The Morgan fingerprint density at radius 3 is 2.37 bits per heavy atom. The van der Waals surface area contributed by atoms with Crippen molar-refractivity contribution in [1.29, 1.82) is 0 Å². The summed E-state index contributed by atoms with van der Waals surface area (Å²) in [4.78, 5) is 14.2. The summed E-state index contributed by atoms with van der Waals surface area (Å²) in [6.07, 6.45) is -0.923. The average Bonchev–Trinajstić information content (AvgIpc) is 3.32. The van der Waals surface area contributed by atoms with E-state index in [4.69, 9.17) is 8.92 Å². The minimum absolute atomic E-state index is 0.0102. The van der Waals surface area contributed by atoms with E-state index in [0.29, 0.717) is 18.2 Å². The van der Waals surface area contributed by atoms with Gasteiger partial charge in [0.2, 0.25) is 5.91 Å². The molecule has 0 unspecified atom stereocenters. The molecule has 10 heteroatoms. The summed E-state index contributed by atoms with van der Waals surface area (Å²) >= 11 is 0. The highest BCUT2D eigenvalue weighted by atomic mass is 32.2. The second kappa shape index (κ2) is 10.9. The van der Waals surface area contributed by atoms with Gasteiger partial charge in [0.25, 0.3) is 0 Å². The highest BCUT2D eigenvalue weighted by Gasteiger charge is 2.32. The SMILES string of the molecule is COc1ccc(CN(CC(C)C)C(=O)C2CCCC2)cc1OS(=O)(=O)c1cccc(C(F)(F)F)c1. The molecular weight excluding hydrogens is 483 g/mol. The average molecular weight is 514 g/mol. The fraction of sp³-hybridized carbons (Fsp3) is 0.480. The summed E-state index contributed by atoms with van der Waals surface area (Å²) in [6, 6.07) is 8.01. The van der Waals surface area contributed by atoms with Crippen LogP contribution in [0, 0.1) is 11.8 Å². The number of alkyl halides is 3. The molecule has 0 radical (unpaired) electrons. The highest BCUT2D eigenvalue weighted by molar-refractivity contribution is 7.87. The van der Waals surface area contributed by atoms with Crippen molar-refractivity contribution in [3.8, 4) is 11.5 Å². The molecule has 0 saturated heterocycles. The summed E-state index contributed by atoms with van der Waals surface area (Å²) in [7, 11) is -3.26. The Hall–Kier alpha value is -2.75. The smallest absolute Gasteiger partial charge is 0.416 e. The number of benzene rings is 2. The molecule has 192 valence electrons. The van der Waals surface area contributed by atoms with E-state index in [-0.39, 0.29) is 35.8 Å². The van der Waals surface area contributed by atoms with E-state index in [1.54, 1.807) is 11.0 Å². The van der Waals surface area contributed by atoms with Crippen molar-refractivity contribution in [3.05, 3.63) is 53.6 Å². The molecule has 1 saturated carbocycles. The highest BCUT2D eigenvalue weighted by Crippen LogP contribution is 2.34. The van der Waals surface area contributed by atoms with E-state index in [1.807, 2.05) is 13.8 Å². The Bertz CT molecular complexity index is 1140. The van der Waals surface area contributed by atoms with E-state index >= 15 is 0 Å². The van der Waals surface area contributed by atoms with E-state index in [1.165, 1.54) is 19.2 Å². The van der Waals surface area contributed by atoms with Gasteiger partial charge in [-0.25, -0.2) is 0 Å². The lowest BCUT2D eigenvalue weighted by molar-refractivity contribution is -0.138. The number of carbonyl (C=O) groups excluding carboxylic acids is 1. The van der Waals surface area contributed by atoms with Crippen molar-refractivity contribution in [1.82, 2.24) is 4.90 Å². The molecule has 1 aliphatic carbocycles. The lowest BCUT2D eigenvalue weighted by atomic mass is 10.0. The number of halogens is 3. The maximum Gasteiger partial charge on any atom is 0.416 e. The molecule has 0 bridgehead atoms. The molecule has 0 atom stereocenters. The molecule has 1 amide bonds. The monoisotopic (exact) mass is 513 g/mol. The Kier molecular flexibility index (Phi) is 8.35. The minimum Gasteiger partial charge on any atom is -0.493 e. The van der Waals surface area contributed by atoms with Crippen molar-refractivity contribution >= 4 is 16.0 Å². The zero-order chi connectivity index (χ0) is 25.8. The van der Waals surface area contributed by atoms with Gasteiger partial charge in [-0.15, -0.1) is 0 Å². The van der Waals surface area contributed by atoms with Crippen molar-refractivity contribution in [2.24, 2.45) is 11.8 Å². The van der Waals surface area contributed by atoms with Crippen molar-refractivity contribution in [3.63, 3.8) is 0 Å². The van der Waals surface area contributed by atoms with Gasteiger partial charge >= 0.3 is 16.3 Å². The maximum absolute atomic E-state index is 13.1. The first kappa shape index (κ1) is 26.8. The normalized spacial score (nSPS) is 14.8. The van der Waals surface area contributed by atoms with Gasteiger partial charge in [0.15, 0.2) is 11.5 Å². The molecule has 0 aromatic heterocycles. The first-order chi connectivity index (χ1) is 16.4. The number of hydrogen-bond donors (Lipinski definition) is 0. The summed E-state index contributed by atoms with van der Waals surface area (Å²) in [5, 5.41) is 0. The minimum atomic E-state index is -4.70. The van der Waals surface area contributed by atoms with Gasteiger partial charge in [-0.2, -0.15) is 21.6 Å². The molecule has 6 nitrogen and oxygen atoms in total. The molecule has 0 spiro atoms. The summed E-state index contributed by atoms with van der Waals surface area (Å²) in [6.45, 7) is 4.82. The fourth-order valence-electron chi connectivity index (χ4n) is 4.20. The van der Waals surface area contributed by atoms with Crippen LogP contribution in [-0.2, 0) is 27.6 Å². The molecule has 2 aromatic carbocycles. The number of carbonyl (C=O) groups is 1.